The van der Waals surface area contributed by atoms with Crippen molar-refractivity contribution in [3.8, 4) is 23.0 Å². The van der Waals surface area contributed by atoms with E-state index in [4.69, 9.17) is 50.1 Å². The quantitative estimate of drug-likeness (QED) is 0.0552. The van der Waals surface area contributed by atoms with Crippen LogP contribution < -0.4 is 30.1 Å². The molecule has 0 spiro atoms. The fraction of sp³-hybridized carbons (Fsp3) is 0.265. The van der Waals surface area contributed by atoms with E-state index in [9.17, 15) is 28.6 Å². The molecule has 0 bridgehead atoms. The van der Waals surface area contributed by atoms with Crippen LogP contribution in [-0.2, 0) is 19.9 Å². The highest BCUT2D eigenvalue weighted by atomic mass is 35.5. The van der Waals surface area contributed by atoms with Crippen LogP contribution in [0, 0.1) is 0 Å². The second-order valence-electron chi connectivity index (χ2n) is 21.6. The maximum atomic E-state index is 14.9. The number of fused-ring (bicyclic) bond motifs is 4. The number of nitrogens with zero attached hydrogens (tertiary/aromatic N) is 9. The van der Waals surface area contributed by atoms with E-state index < -0.39 is 71.8 Å². The molecule has 0 unspecified atom stereocenters. The van der Waals surface area contributed by atoms with E-state index in [1.54, 1.807) is 41.6 Å². The number of aliphatic hydroxyl groups excluding tert-OH is 3. The third-order valence-electron chi connectivity index (χ3n) is 16.7. The van der Waals surface area contributed by atoms with Crippen molar-refractivity contribution in [2.75, 3.05) is 35.0 Å². The molecular formula is C68H67ClF2N10O11. The first-order valence-corrected chi connectivity index (χ1v) is 29.4. The Labute approximate surface area is 530 Å². The minimum Gasteiger partial charge on any atom is -0.497 e. The lowest BCUT2D eigenvalue weighted by atomic mass is 9.76. The van der Waals surface area contributed by atoms with Crippen molar-refractivity contribution in [3.63, 3.8) is 0 Å². The first-order valence-electron chi connectivity index (χ1n) is 29.0. The number of nitrogens with one attached hydrogen (secondary N) is 1. The van der Waals surface area contributed by atoms with E-state index in [2.05, 4.69) is 19.9 Å². The Kier molecular flexibility index (Phi) is 18.4. The summed E-state index contributed by atoms with van der Waals surface area (Å²) in [5.41, 5.74) is 4.46. The van der Waals surface area contributed by atoms with Gasteiger partial charge in [0.25, 0.3) is 11.1 Å². The van der Waals surface area contributed by atoms with Crippen LogP contribution in [0.4, 0.5) is 8.78 Å². The highest BCUT2D eigenvalue weighted by Gasteiger charge is 2.47. The van der Waals surface area contributed by atoms with Crippen LogP contribution in [0.3, 0.4) is 0 Å². The summed E-state index contributed by atoms with van der Waals surface area (Å²) in [6, 6.07) is 51.3. The fourth-order valence-electron chi connectivity index (χ4n) is 12.0. The Bertz CT molecular complexity index is 4490. The van der Waals surface area contributed by atoms with Gasteiger partial charge in [-0.25, -0.2) is 32.5 Å². The summed E-state index contributed by atoms with van der Waals surface area (Å²) in [5.74, 6) is 3.60. The van der Waals surface area contributed by atoms with E-state index >= 15 is 0 Å². The van der Waals surface area contributed by atoms with Crippen LogP contribution in [0.15, 0.2) is 205 Å². The van der Waals surface area contributed by atoms with Gasteiger partial charge in [0.05, 0.1) is 53.8 Å². The molecule has 0 saturated carbocycles. The lowest BCUT2D eigenvalue weighted by Crippen LogP contribution is -2.38. The molecule has 8 atom stereocenters. The molecule has 6 aromatic carbocycles. The second-order valence-corrected chi connectivity index (χ2v) is 22.2. The number of benzene rings is 6. The summed E-state index contributed by atoms with van der Waals surface area (Å²) < 4.78 is 68.9. The molecule has 2 saturated heterocycles. The van der Waals surface area contributed by atoms with Gasteiger partial charge in [-0.1, -0.05) is 124 Å². The number of imidazole rings is 4. The predicted octanol–water partition coefficient (Wildman–Crippen LogP) is 9.54. The van der Waals surface area contributed by atoms with Crippen LogP contribution in [-0.4, -0.2) is 135 Å². The van der Waals surface area contributed by atoms with Crippen molar-refractivity contribution in [1.29, 1.82) is 0 Å². The predicted molar refractivity (Wildman–Crippen MR) is 341 cm³/mol. The highest BCUT2D eigenvalue weighted by molar-refractivity contribution is 6.28. The van der Waals surface area contributed by atoms with Gasteiger partial charge < -0.3 is 48.7 Å². The molecule has 4 N–H and O–H groups in total. The molecule has 21 nitrogen and oxygen atoms in total. The lowest BCUT2D eigenvalue weighted by molar-refractivity contribution is -0.0495. The molecule has 12 aromatic rings. The van der Waals surface area contributed by atoms with Crippen molar-refractivity contribution >= 4 is 45.5 Å². The second kappa shape index (κ2) is 26.6. The zero-order chi connectivity index (χ0) is 63.7. The number of alkyl halides is 3. The largest absolute Gasteiger partial charge is 0.497 e. The van der Waals surface area contributed by atoms with Gasteiger partial charge in [-0.15, -0.1) is 11.6 Å². The van der Waals surface area contributed by atoms with Crippen molar-refractivity contribution in [1.82, 2.24) is 47.4 Å². The topological polar surface area (TPSA) is 241 Å². The third kappa shape index (κ3) is 11.1. The smallest absolute Gasteiger partial charge is 0.287 e. The number of hydrogen-bond acceptors (Lipinski definition) is 15. The van der Waals surface area contributed by atoms with Crippen LogP contribution in [0.2, 0.25) is 0 Å². The van der Waals surface area contributed by atoms with E-state index in [0.717, 1.165) is 44.9 Å². The molecule has 0 aliphatic carbocycles. The third-order valence-corrected chi connectivity index (χ3v) is 17.4. The number of ether oxygens (including phenoxy) is 6. The monoisotopic (exact) mass is 1270 g/mol. The van der Waals surface area contributed by atoms with Gasteiger partial charge >= 0.3 is 0 Å². The number of methoxy groups -OCH3 is 4. The minimum atomic E-state index is -1.73. The Balaban J connectivity index is 0.000000155. The number of hydrogen-bond donors (Lipinski definition) is 4. The van der Waals surface area contributed by atoms with Crippen LogP contribution in [0.1, 0.15) is 66.6 Å². The first kappa shape index (κ1) is 63.8. The normalized spacial score (nSPS) is 19.7. The van der Waals surface area contributed by atoms with Gasteiger partial charge in [0.15, 0.2) is 41.5 Å². The molecule has 24 heteroatoms. The maximum absolute atomic E-state index is 14.9. The molecule has 2 aliphatic heterocycles. The van der Waals surface area contributed by atoms with E-state index in [0.29, 0.717) is 29.5 Å². The molecule has 14 rings (SSSR count). The molecule has 476 valence electrons. The molecule has 2 aliphatic rings. The SMILES string of the molecule is C.CC[C@H]1O[C@@H](n2cnc3c(=O)n4ccn(C(c5ccccc5)(c5ccc(OC)cc5)c5ccc(OC)cc5)c4nc32)[C@H](O)[C@@H]1F.COc1ccc(C(Cl)(c2ccccc2)c2ccc(OC)cc2)cc1.O=c1c2ncn([C@@H]3O[C@H](CO)[C@@H](F)[C@H]3O)c2[nH]c2nccn12. The van der Waals surface area contributed by atoms with Crippen LogP contribution in [0.25, 0.3) is 33.9 Å². The summed E-state index contributed by atoms with van der Waals surface area (Å²) in [7, 11) is 6.55. The first-order chi connectivity index (χ1) is 44.2. The Morgan fingerprint density at radius 2 is 1.00 bits per heavy atom. The molecule has 6 aromatic heterocycles. The zero-order valence-electron chi connectivity index (χ0n) is 49.8. The van der Waals surface area contributed by atoms with Crippen molar-refractivity contribution < 1.29 is 52.5 Å². The van der Waals surface area contributed by atoms with Crippen LogP contribution >= 0.6 is 11.6 Å². The fourth-order valence-corrected chi connectivity index (χ4v) is 12.3. The number of rotatable bonds is 15. The summed E-state index contributed by atoms with van der Waals surface area (Å²) in [5, 5.41) is 29.8. The average molecular weight is 1270 g/mol. The lowest BCUT2D eigenvalue weighted by Gasteiger charge is -2.37. The van der Waals surface area contributed by atoms with E-state index in [1.807, 2.05) is 168 Å². The highest BCUT2D eigenvalue weighted by Crippen LogP contribution is 2.46. The standard InChI is InChI=1S/C34H32FN5O5.C21H19ClO2.C12H12FN5O4.CH4/c1-4-26-27(35)29(41)32(45-26)39-20-36-28-30(39)37-33-38(31(28)42)18-19-40(33)34(21-8-6-5-7-9-21,22-10-14-24(43-2)15-11-22)23-12-16-25(44-3)17-13-23;1-23-19-12-8-17(9-13-19)21(22,16-6-4-3-5-7-16)18-10-14-20(24-2)15-11-18;13-6-5(3-19)22-11(8(6)20)18-4-15-7-9(18)16-12-14-1-2-17(12)10(7)21;/h5-20,26-27,29,32,41H,4H2,1-3H3;3-15H,1-2H3;1-2,4-6,8,11,19-20H,3H2,(H,14,16);1H4/t26-,27-,29-,32-;;5-,6-,8-,11-;/m1.1./s1. The van der Waals surface area contributed by atoms with Crippen molar-refractivity contribution in [2.24, 2.45) is 0 Å². The van der Waals surface area contributed by atoms with Crippen molar-refractivity contribution in [3.05, 3.63) is 249 Å². The number of aromatic amines is 1. The number of H-pyrrole nitrogens is 1. The van der Waals surface area contributed by atoms with Crippen molar-refractivity contribution in [2.45, 2.75) is 80.4 Å². The number of aliphatic hydroxyl groups is 3. The van der Waals surface area contributed by atoms with Gasteiger partial charge in [0.1, 0.15) is 57.4 Å². The number of halogens is 3. The van der Waals surface area contributed by atoms with Gasteiger partial charge in [0.2, 0.25) is 11.6 Å². The molecular weight excluding hydrogens is 1210 g/mol. The average Bonchev–Trinajstić information content (AvgIpc) is 1.46. The Morgan fingerprint density at radius 1 is 0.565 bits per heavy atom. The summed E-state index contributed by atoms with van der Waals surface area (Å²) >= 11 is 7.22. The van der Waals surface area contributed by atoms with Crippen LogP contribution in [0.5, 0.6) is 23.0 Å². The minimum absolute atomic E-state index is 0. The van der Waals surface area contributed by atoms with Gasteiger partial charge in [0, 0.05) is 24.8 Å². The van der Waals surface area contributed by atoms with Gasteiger partial charge in [-0.3, -0.25) is 23.3 Å². The van der Waals surface area contributed by atoms with E-state index in [1.165, 1.54) is 43.0 Å². The Morgan fingerprint density at radius 3 is 1.49 bits per heavy atom. The Hall–Kier alpha value is -9.75. The van der Waals surface area contributed by atoms with Gasteiger partial charge in [-0.2, -0.15) is 4.98 Å². The summed E-state index contributed by atoms with van der Waals surface area (Å²) in [6.45, 7) is 1.24. The molecule has 8 heterocycles. The molecule has 92 heavy (non-hydrogen) atoms. The summed E-state index contributed by atoms with van der Waals surface area (Å²) in [6.07, 6.45) is -0.851. The van der Waals surface area contributed by atoms with E-state index in [-0.39, 0.29) is 35.3 Å². The molecule has 0 radical (unpaired) electrons. The maximum Gasteiger partial charge on any atom is 0.287 e. The number of aromatic nitrogens is 10. The van der Waals surface area contributed by atoms with Gasteiger partial charge in [-0.05, 0) is 88.3 Å². The summed E-state index contributed by atoms with van der Waals surface area (Å²) in [4.78, 5) is 45.6. The zero-order valence-corrected chi connectivity index (χ0v) is 50.5. The molecule has 0 amide bonds. The molecule has 2 fully saturated rings.